The van der Waals surface area contributed by atoms with Gasteiger partial charge in [-0.1, -0.05) is 0 Å². The molecular formula is C11H19BrN6. The van der Waals surface area contributed by atoms with E-state index in [-0.39, 0.29) is 0 Å². The van der Waals surface area contributed by atoms with Crippen molar-refractivity contribution in [1.82, 2.24) is 14.9 Å². The average molecular weight is 315 g/mol. The second-order valence-electron chi connectivity index (χ2n) is 4.36. The van der Waals surface area contributed by atoms with Gasteiger partial charge in [-0.15, -0.1) is 0 Å². The van der Waals surface area contributed by atoms with Gasteiger partial charge in [-0.05, 0) is 54.8 Å². The summed E-state index contributed by atoms with van der Waals surface area (Å²) in [5.41, 5.74) is 2.52. The van der Waals surface area contributed by atoms with Gasteiger partial charge in [0.1, 0.15) is 16.6 Å². The van der Waals surface area contributed by atoms with Crippen LogP contribution in [0.5, 0.6) is 0 Å². The van der Waals surface area contributed by atoms with Crippen molar-refractivity contribution in [2.24, 2.45) is 5.84 Å². The van der Waals surface area contributed by atoms with Gasteiger partial charge in [0.25, 0.3) is 0 Å². The molecule has 6 nitrogen and oxygen atoms in total. The highest BCUT2D eigenvalue weighted by Gasteiger charge is 2.11. The van der Waals surface area contributed by atoms with Crippen LogP contribution >= 0.6 is 15.9 Å². The number of hydrogen-bond acceptors (Lipinski definition) is 6. The third-order valence-electron chi connectivity index (χ3n) is 3.07. The monoisotopic (exact) mass is 314 g/mol. The standard InChI is InChI=1S/C11H19BrN6/c12-9-10(15-8-16-11(9)17-13)14-4-3-7-18-5-1-2-6-18/h8H,1-7,13H2,(H2,14,15,16,17). The van der Waals surface area contributed by atoms with Crippen LogP contribution in [0.15, 0.2) is 10.8 Å². The van der Waals surface area contributed by atoms with E-state index in [1.807, 2.05) is 0 Å². The van der Waals surface area contributed by atoms with Crippen LogP contribution in [0, 0.1) is 0 Å². The molecule has 2 rings (SSSR count). The molecule has 100 valence electrons. The molecular weight excluding hydrogens is 296 g/mol. The Morgan fingerprint density at radius 3 is 2.72 bits per heavy atom. The first-order valence-electron chi connectivity index (χ1n) is 6.24. The molecule has 0 radical (unpaired) electrons. The van der Waals surface area contributed by atoms with Gasteiger partial charge in [0, 0.05) is 6.54 Å². The summed E-state index contributed by atoms with van der Waals surface area (Å²) in [7, 11) is 0. The van der Waals surface area contributed by atoms with Crippen LogP contribution in [0.4, 0.5) is 11.6 Å². The second kappa shape index (κ2) is 6.86. The minimum absolute atomic E-state index is 0.590. The summed E-state index contributed by atoms with van der Waals surface area (Å²) >= 11 is 3.42. The van der Waals surface area contributed by atoms with Gasteiger partial charge in [-0.2, -0.15) is 0 Å². The molecule has 0 saturated carbocycles. The van der Waals surface area contributed by atoms with E-state index >= 15 is 0 Å². The first-order valence-corrected chi connectivity index (χ1v) is 7.04. The van der Waals surface area contributed by atoms with E-state index < -0.39 is 0 Å². The lowest BCUT2D eigenvalue weighted by atomic mass is 10.4. The van der Waals surface area contributed by atoms with E-state index in [9.17, 15) is 0 Å². The lowest BCUT2D eigenvalue weighted by Crippen LogP contribution is -2.22. The third-order valence-corrected chi connectivity index (χ3v) is 3.82. The molecule has 0 atom stereocenters. The highest BCUT2D eigenvalue weighted by atomic mass is 79.9. The SMILES string of the molecule is NNc1ncnc(NCCCN2CCCC2)c1Br. The van der Waals surface area contributed by atoms with Crippen molar-refractivity contribution in [2.75, 3.05) is 36.9 Å². The first-order chi connectivity index (χ1) is 8.81. The summed E-state index contributed by atoms with van der Waals surface area (Å²) in [5, 5.41) is 3.29. The lowest BCUT2D eigenvalue weighted by molar-refractivity contribution is 0.337. The maximum atomic E-state index is 5.35. The van der Waals surface area contributed by atoms with Gasteiger partial charge in [0.05, 0.1) is 0 Å². The van der Waals surface area contributed by atoms with Crippen LogP contribution in [-0.2, 0) is 0 Å². The van der Waals surface area contributed by atoms with E-state index in [4.69, 9.17) is 5.84 Å². The molecule has 0 aliphatic carbocycles. The summed E-state index contributed by atoms with van der Waals surface area (Å²) in [6.07, 6.45) is 5.29. The predicted octanol–water partition coefficient (Wildman–Crippen LogP) is 1.42. The largest absolute Gasteiger partial charge is 0.369 e. The van der Waals surface area contributed by atoms with Crippen molar-refractivity contribution < 1.29 is 0 Å². The van der Waals surface area contributed by atoms with Crippen LogP contribution in [0.2, 0.25) is 0 Å². The fourth-order valence-corrected chi connectivity index (χ4v) is 2.57. The Bertz CT molecular complexity index is 380. The Balaban J connectivity index is 1.75. The fraction of sp³-hybridized carbons (Fsp3) is 0.636. The number of nitrogens with two attached hydrogens (primary N) is 1. The first kappa shape index (κ1) is 13.5. The van der Waals surface area contributed by atoms with Crippen LogP contribution in [0.1, 0.15) is 19.3 Å². The Morgan fingerprint density at radius 1 is 1.28 bits per heavy atom. The molecule has 1 aromatic rings. The number of nitrogens with zero attached hydrogens (tertiary/aromatic N) is 3. The number of hydrogen-bond donors (Lipinski definition) is 3. The van der Waals surface area contributed by atoms with E-state index in [0.29, 0.717) is 5.82 Å². The molecule has 1 fully saturated rings. The maximum absolute atomic E-state index is 5.35. The van der Waals surface area contributed by atoms with Gasteiger partial charge in [0.15, 0.2) is 5.82 Å². The molecule has 7 heteroatoms. The van der Waals surface area contributed by atoms with Crippen LogP contribution in [0.25, 0.3) is 0 Å². The Kier molecular flexibility index (Phi) is 5.15. The van der Waals surface area contributed by atoms with E-state index in [2.05, 4.69) is 41.5 Å². The zero-order valence-corrected chi connectivity index (χ0v) is 11.9. The summed E-state index contributed by atoms with van der Waals surface area (Å²) < 4.78 is 0.772. The minimum atomic E-state index is 0.590. The van der Waals surface area contributed by atoms with Crippen LogP contribution < -0.4 is 16.6 Å². The molecule has 18 heavy (non-hydrogen) atoms. The van der Waals surface area contributed by atoms with E-state index in [1.54, 1.807) is 0 Å². The molecule has 2 heterocycles. The molecule has 1 aliphatic heterocycles. The van der Waals surface area contributed by atoms with E-state index in [0.717, 1.165) is 29.8 Å². The minimum Gasteiger partial charge on any atom is -0.369 e. The molecule has 0 aromatic carbocycles. The van der Waals surface area contributed by atoms with Crippen molar-refractivity contribution in [3.63, 3.8) is 0 Å². The molecule has 0 unspecified atom stereocenters. The normalized spacial score (nSPS) is 15.9. The van der Waals surface area contributed by atoms with E-state index in [1.165, 1.54) is 32.3 Å². The molecule has 0 bridgehead atoms. The molecule has 4 N–H and O–H groups in total. The zero-order valence-electron chi connectivity index (χ0n) is 10.3. The van der Waals surface area contributed by atoms with Crippen molar-refractivity contribution in [2.45, 2.75) is 19.3 Å². The lowest BCUT2D eigenvalue weighted by Gasteiger charge is -2.15. The molecule has 1 aromatic heterocycles. The van der Waals surface area contributed by atoms with Crippen LogP contribution in [-0.4, -0.2) is 41.0 Å². The number of rotatable bonds is 6. The topological polar surface area (TPSA) is 79.1 Å². The molecule has 0 spiro atoms. The second-order valence-corrected chi connectivity index (χ2v) is 5.15. The number of likely N-dealkylation sites (tertiary alicyclic amines) is 1. The predicted molar refractivity (Wildman–Crippen MR) is 76.3 cm³/mol. The summed E-state index contributed by atoms with van der Waals surface area (Å²) in [4.78, 5) is 10.7. The Labute approximate surface area is 115 Å². The van der Waals surface area contributed by atoms with Crippen LogP contribution in [0.3, 0.4) is 0 Å². The summed E-state index contributed by atoms with van der Waals surface area (Å²) in [6, 6.07) is 0. The number of nitrogen functional groups attached to an aromatic ring is 1. The summed E-state index contributed by atoms with van der Waals surface area (Å²) in [6.45, 7) is 4.55. The number of hydrazine groups is 1. The molecule has 1 aliphatic rings. The Hall–Kier alpha value is -0.920. The Morgan fingerprint density at radius 2 is 2.00 bits per heavy atom. The highest BCUT2D eigenvalue weighted by molar-refractivity contribution is 9.10. The average Bonchev–Trinajstić information content (AvgIpc) is 2.89. The van der Waals surface area contributed by atoms with Gasteiger partial charge >= 0.3 is 0 Å². The molecule has 1 saturated heterocycles. The van der Waals surface area contributed by atoms with Crippen molar-refractivity contribution in [3.05, 3.63) is 10.8 Å². The quantitative estimate of drug-likeness (QED) is 0.419. The van der Waals surface area contributed by atoms with Crippen molar-refractivity contribution in [3.8, 4) is 0 Å². The number of anilines is 2. The maximum Gasteiger partial charge on any atom is 0.159 e. The zero-order chi connectivity index (χ0) is 12.8. The van der Waals surface area contributed by atoms with Gasteiger partial charge in [-0.3, -0.25) is 0 Å². The van der Waals surface area contributed by atoms with Gasteiger partial charge < -0.3 is 15.6 Å². The van der Waals surface area contributed by atoms with Crippen molar-refractivity contribution >= 4 is 27.6 Å². The van der Waals surface area contributed by atoms with Gasteiger partial charge in [0.2, 0.25) is 0 Å². The van der Waals surface area contributed by atoms with Gasteiger partial charge in [-0.25, -0.2) is 15.8 Å². The van der Waals surface area contributed by atoms with Crippen molar-refractivity contribution in [1.29, 1.82) is 0 Å². The number of halogens is 1. The smallest absolute Gasteiger partial charge is 0.159 e. The molecule has 0 amide bonds. The summed E-state index contributed by atoms with van der Waals surface area (Å²) in [5.74, 6) is 6.72. The third kappa shape index (κ3) is 3.54. The number of aromatic nitrogens is 2. The highest BCUT2D eigenvalue weighted by Crippen LogP contribution is 2.25. The number of nitrogens with one attached hydrogen (secondary N) is 2. The fourth-order valence-electron chi connectivity index (χ4n) is 2.11.